The summed E-state index contributed by atoms with van der Waals surface area (Å²) in [5, 5.41) is 14.9. The number of rotatable bonds is 5. The Morgan fingerprint density at radius 1 is 1.13 bits per heavy atom. The highest BCUT2D eigenvalue weighted by molar-refractivity contribution is 5.98. The van der Waals surface area contributed by atoms with E-state index in [9.17, 15) is 4.79 Å². The maximum absolute atomic E-state index is 12.0. The smallest absolute Gasteiger partial charge is 0.339 e. The van der Waals surface area contributed by atoms with Crippen LogP contribution in [0.25, 0.3) is 10.9 Å². The molecule has 8 heteroatoms. The molecule has 3 heterocycles. The number of ether oxygens (including phenoxy) is 1. The van der Waals surface area contributed by atoms with Crippen molar-refractivity contribution in [3.05, 3.63) is 35.7 Å². The number of nitrogens with one attached hydrogen (secondary N) is 3. The molecular weight excluding hydrogens is 380 g/mol. The minimum Gasteiger partial charge on any atom is -0.465 e. The number of carbonyl (C=O) groups excluding carboxylic acids is 1. The number of anilines is 3. The van der Waals surface area contributed by atoms with E-state index in [-0.39, 0.29) is 0 Å². The molecule has 0 aliphatic heterocycles. The van der Waals surface area contributed by atoms with Crippen molar-refractivity contribution in [2.45, 2.75) is 45.1 Å². The highest BCUT2D eigenvalue weighted by Crippen LogP contribution is 2.43. The maximum Gasteiger partial charge on any atom is 0.339 e. The third-order valence-electron chi connectivity index (χ3n) is 6.29. The second kappa shape index (κ2) is 7.59. The summed E-state index contributed by atoms with van der Waals surface area (Å²) in [6, 6.07) is 5.99. The number of aryl methyl sites for hydroxylation is 1. The average molecular weight is 406 g/mol. The third-order valence-corrected chi connectivity index (χ3v) is 6.29. The molecule has 0 amide bonds. The van der Waals surface area contributed by atoms with E-state index in [1.165, 1.54) is 39.2 Å². The standard InChI is InChI=1S/C22H26N6O2/c1-12-5-20(28-27-12)25-19-10-18-17(9-15(11-23-18)22(29)30-2)21(26-19)24-16-7-13-3-4-14(6-13)8-16/h5,9-11,13-14,16H,3-4,6-8H2,1-2H3,(H3,24,25,26,27,28)/t13-,14+,16?. The second-order valence-electron chi connectivity index (χ2n) is 8.56. The predicted molar refractivity (Wildman–Crippen MR) is 115 cm³/mol. The van der Waals surface area contributed by atoms with Gasteiger partial charge in [0.15, 0.2) is 5.82 Å². The molecule has 0 spiro atoms. The van der Waals surface area contributed by atoms with Gasteiger partial charge in [0.25, 0.3) is 0 Å². The number of pyridine rings is 2. The number of aromatic amines is 1. The Morgan fingerprint density at radius 3 is 2.63 bits per heavy atom. The molecule has 2 saturated carbocycles. The van der Waals surface area contributed by atoms with Gasteiger partial charge in [-0.1, -0.05) is 12.8 Å². The average Bonchev–Trinajstić information content (AvgIpc) is 3.31. The van der Waals surface area contributed by atoms with Crippen molar-refractivity contribution in [3.8, 4) is 0 Å². The molecule has 3 atom stereocenters. The van der Waals surface area contributed by atoms with Gasteiger partial charge in [0.1, 0.15) is 11.6 Å². The van der Waals surface area contributed by atoms with Crippen LogP contribution in [0.1, 0.15) is 48.2 Å². The lowest BCUT2D eigenvalue weighted by atomic mass is 9.85. The zero-order valence-corrected chi connectivity index (χ0v) is 17.2. The van der Waals surface area contributed by atoms with Gasteiger partial charge in [-0.3, -0.25) is 10.1 Å². The molecule has 8 nitrogen and oxygen atoms in total. The zero-order chi connectivity index (χ0) is 20.7. The molecule has 2 fully saturated rings. The van der Waals surface area contributed by atoms with E-state index < -0.39 is 5.97 Å². The Bertz CT molecular complexity index is 1080. The van der Waals surface area contributed by atoms with Gasteiger partial charge in [0, 0.05) is 35.5 Å². The van der Waals surface area contributed by atoms with Crippen LogP contribution in [-0.4, -0.2) is 39.3 Å². The van der Waals surface area contributed by atoms with Crippen LogP contribution in [-0.2, 0) is 4.74 Å². The van der Waals surface area contributed by atoms with Gasteiger partial charge < -0.3 is 15.4 Å². The zero-order valence-electron chi connectivity index (χ0n) is 17.2. The van der Waals surface area contributed by atoms with Crippen LogP contribution in [0.3, 0.4) is 0 Å². The van der Waals surface area contributed by atoms with Gasteiger partial charge in [0.05, 0.1) is 18.2 Å². The molecule has 2 bridgehead atoms. The fraction of sp³-hybridized carbons (Fsp3) is 0.455. The number of aromatic nitrogens is 4. The summed E-state index contributed by atoms with van der Waals surface area (Å²) in [4.78, 5) is 21.4. The maximum atomic E-state index is 12.0. The first-order valence-electron chi connectivity index (χ1n) is 10.5. The number of nitrogens with zero attached hydrogens (tertiary/aromatic N) is 3. The van der Waals surface area contributed by atoms with Gasteiger partial charge in [-0.25, -0.2) is 9.78 Å². The van der Waals surface area contributed by atoms with Crippen LogP contribution in [0, 0.1) is 18.8 Å². The first-order chi connectivity index (χ1) is 14.6. The van der Waals surface area contributed by atoms with E-state index in [1.54, 1.807) is 6.20 Å². The highest BCUT2D eigenvalue weighted by atomic mass is 16.5. The van der Waals surface area contributed by atoms with Gasteiger partial charge in [0.2, 0.25) is 0 Å². The van der Waals surface area contributed by atoms with E-state index in [4.69, 9.17) is 9.72 Å². The van der Waals surface area contributed by atoms with Gasteiger partial charge >= 0.3 is 5.97 Å². The molecule has 2 aliphatic carbocycles. The lowest BCUT2D eigenvalue weighted by molar-refractivity contribution is 0.0600. The summed E-state index contributed by atoms with van der Waals surface area (Å²) < 4.78 is 4.87. The lowest BCUT2D eigenvalue weighted by Crippen LogP contribution is -2.28. The molecule has 2 aliphatic rings. The molecule has 0 saturated heterocycles. The van der Waals surface area contributed by atoms with Crippen LogP contribution >= 0.6 is 0 Å². The predicted octanol–water partition coefficient (Wildman–Crippen LogP) is 4.18. The van der Waals surface area contributed by atoms with Crippen molar-refractivity contribution in [2.24, 2.45) is 11.8 Å². The van der Waals surface area contributed by atoms with Gasteiger partial charge in [-0.15, -0.1) is 0 Å². The Hall–Kier alpha value is -3.16. The Morgan fingerprint density at radius 2 is 1.93 bits per heavy atom. The van der Waals surface area contributed by atoms with Crippen molar-refractivity contribution in [1.29, 1.82) is 0 Å². The molecule has 0 radical (unpaired) electrons. The Labute approximate surface area is 174 Å². The first-order valence-corrected chi connectivity index (χ1v) is 10.5. The molecular formula is C22H26N6O2. The van der Waals surface area contributed by atoms with Gasteiger partial charge in [-0.05, 0) is 44.1 Å². The molecule has 156 valence electrons. The van der Waals surface area contributed by atoms with Crippen molar-refractivity contribution < 1.29 is 9.53 Å². The molecule has 3 N–H and O–H groups in total. The van der Waals surface area contributed by atoms with Crippen LogP contribution < -0.4 is 10.6 Å². The number of hydrogen-bond acceptors (Lipinski definition) is 7. The fourth-order valence-electron chi connectivity index (χ4n) is 4.96. The van der Waals surface area contributed by atoms with Crippen LogP contribution in [0.2, 0.25) is 0 Å². The summed E-state index contributed by atoms with van der Waals surface area (Å²) in [5.41, 5.74) is 2.14. The SMILES string of the molecule is COC(=O)c1cnc2cc(Nc3cc(C)[nH]n3)nc(NC3C[C@H]4CC[C@@H](C3)C4)c2c1. The van der Waals surface area contributed by atoms with E-state index in [2.05, 4.69) is 25.8 Å². The topological polar surface area (TPSA) is 105 Å². The summed E-state index contributed by atoms with van der Waals surface area (Å²) in [7, 11) is 1.38. The molecule has 5 rings (SSSR count). The highest BCUT2D eigenvalue weighted by Gasteiger charge is 2.34. The number of H-pyrrole nitrogens is 1. The lowest BCUT2D eigenvalue weighted by Gasteiger charge is -2.29. The fourth-order valence-corrected chi connectivity index (χ4v) is 4.96. The number of fused-ring (bicyclic) bond motifs is 3. The minimum atomic E-state index is -0.403. The number of methoxy groups -OCH3 is 1. The molecule has 30 heavy (non-hydrogen) atoms. The summed E-state index contributed by atoms with van der Waals surface area (Å²) in [5.74, 6) is 3.32. The van der Waals surface area contributed by atoms with Crippen molar-refractivity contribution in [1.82, 2.24) is 20.2 Å². The molecule has 3 aromatic rings. The van der Waals surface area contributed by atoms with Crippen molar-refractivity contribution in [2.75, 3.05) is 17.7 Å². The monoisotopic (exact) mass is 406 g/mol. The van der Waals surface area contributed by atoms with E-state index in [0.717, 1.165) is 34.3 Å². The van der Waals surface area contributed by atoms with Crippen LogP contribution in [0.15, 0.2) is 24.4 Å². The molecule has 0 aromatic carbocycles. The summed E-state index contributed by atoms with van der Waals surface area (Å²) in [6.45, 7) is 1.95. The van der Waals surface area contributed by atoms with Crippen LogP contribution in [0.4, 0.5) is 17.5 Å². The molecule has 3 aromatic heterocycles. The van der Waals surface area contributed by atoms with Crippen molar-refractivity contribution >= 4 is 34.3 Å². The normalized spacial score (nSPS) is 22.8. The molecule has 1 unspecified atom stereocenters. The largest absolute Gasteiger partial charge is 0.465 e. The number of hydrogen-bond donors (Lipinski definition) is 3. The Kier molecular flexibility index (Phi) is 4.77. The third kappa shape index (κ3) is 3.69. The van der Waals surface area contributed by atoms with Crippen molar-refractivity contribution in [3.63, 3.8) is 0 Å². The van der Waals surface area contributed by atoms with E-state index >= 15 is 0 Å². The minimum absolute atomic E-state index is 0.386. The summed E-state index contributed by atoms with van der Waals surface area (Å²) >= 11 is 0. The number of carbonyl (C=O) groups is 1. The quantitative estimate of drug-likeness (QED) is 0.546. The number of esters is 1. The summed E-state index contributed by atoms with van der Waals surface area (Å²) in [6.07, 6.45) is 7.91. The first kappa shape index (κ1) is 18.8. The Balaban J connectivity index is 1.52. The van der Waals surface area contributed by atoms with Gasteiger partial charge in [-0.2, -0.15) is 5.10 Å². The van der Waals surface area contributed by atoms with E-state index in [0.29, 0.717) is 23.2 Å². The van der Waals surface area contributed by atoms with Crippen LogP contribution in [0.5, 0.6) is 0 Å². The van der Waals surface area contributed by atoms with E-state index in [1.807, 2.05) is 25.1 Å². The second-order valence-corrected chi connectivity index (χ2v) is 8.56.